The van der Waals surface area contributed by atoms with Crippen LogP contribution in [0.25, 0.3) is 0 Å². The molecule has 2 rings (SSSR count). The second-order valence-corrected chi connectivity index (χ2v) is 6.82. The van der Waals surface area contributed by atoms with Gasteiger partial charge in [0.05, 0.1) is 0 Å². The molecule has 2 fully saturated rings. The monoisotopic (exact) mass is 274 g/mol. The van der Waals surface area contributed by atoms with Crippen LogP contribution in [0.5, 0.6) is 0 Å². The number of ketones is 1. The zero-order valence-corrected chi connectivity index (χ0v) is 13.3. The van der Waals surface area contributed by atoms with Crippen LogP contribution in [0.3, 0.4) is 0 Å². The van der Waals surface area contributed by atoms with Gasteiger partial charge in [0.1, 0.15) is 0 Å². The predicted molar refractivity (Wildman–Crippen MR) is 85.7 cm³/mol. The highest BCUT2D eigenvalue weighted by Crippen LogP contribution is 2.28. The van der Waals surface area contributed by atoms with Crippen LogP contribution >= 0.6 is 0 Å². The molecule has 1 nitrogen and oxygen atoms in total. The van der Waals surface area contributed by atoms with Gasteiger partial charge in [-0.15, -0.1) is 0 Å². The van der Waals surface area contributed by atoms with Crippen LogP contribution in [0.4, 0.5) is 0 Å². The molecule has 0 heterocycles. The summed E-state index contributed by atoms with van der Waals surface area (Å²) in [6.07, 6.45) is 17.7. The summed E-state index contributed by atoms with van der Waals surface area (Å²) >= 11 is 0. The molecule has 0 unspecified atom stereocenters. The lowest BCUT2D eigenvalue weighted by molar-refractivity contribution is -0.112. The molecule has 2 saturated carbocycles. The first-order valence-electron chi connectivity index (χ1n) is 8.58. The molecule has 0 atom stereocenters. The van der Waals surface area contributed by atoms with Crippen LogP contribution in [-0.2, 0) is 4.79 Å². The summed E-state index contributed by atoms with van der Waals surface area (Å²) < 4.78 is 0. The van der Waals surface area contributed by atoms with E-state index in [9.17, 15) is 4.79 Å². The largest absolute Gasteiger partial charge is 0.289 e. The van der Waals surface area contributed by atoms with Gasteiger partial charge >= 0.3 is 0 Å². The summed E-state index contributed by atoms with van der Waals surface area (Å²) in [5, 5.41) is 0. The lowest BCUT2D eigenvalue weighted by Crippen LogP contribution is -2.10. The third-order valence-corrected chi connectivity index (χ3v) is 4.99. The Balaban J connectivity index is 1.93. The topological polar surface area (TPSA) is 17.1 Å². The molecule has 0 aliphatic heterocycles. The maximum Gasteiger partial charge on any atom is 0.183 e. The van der Waals surface area contributed by atoms with Crippen molar-refractivity contribution in [2.75, 3.05) is 0 Å². The Morgan fingerprint density at radius 3 is 1.40 bits per heavy atom. The summed E-state index contributed by atoms with van der Waals surface area (Å²) in [6.45, 7) is 4.02. The molecule has 112 valence electrons. The molecule has 0 amide bonds. The van der Waals surface area contributed by atoms with Crippen molar-refractivity contribution in [3.05, 3.63) is 23.3 Å². The van der Waals surface area contributed by atoms with Crippen LogP contribution in [0, 0.1) is 11.8 Å². The number of carbonyl (C=O) groups excluding carboxylic acids is 1. The van der Waals surface area contributed by atoms with Crippen LogP contribution in [0.15, 0.2) is 23.3 Å². The zero-order chi connectivity index (χ0) is 14.4. The standard InChI is InChI=1S/C19H30O/c1-15(13-17-9-5-3-6-10-17)19(20)16(2)14-18-11-7-4-8-12-18/h13-14,17-18H,3-12H2,1-2H3/b15-13+,16-14+. The minimum Gasteiger partial charge on any atom is -0.289 e. The number of hydrogen-bond acceptors (Lipinski definition) is 1. The van der Waals surface area contributed by atoms with E-state index in [1.807, 2.05) is 13.8 Å². The molecular weight excluding hydrogens is 244 g/mol. The van der Waals surface area contributed by atoms with Crippen molar-refractivity contribution in [2.45, 2.75) is 78.1 Å². The average Bonchev–Trinajstić information content (AvgIpc) is 2.48. The first kappa shape index (κ1) is 15.5. The summed E-state index contributed by atoms with van der Waals surface area (Å²) in [6, 6.07) is 0. The minimum absolute atomic E-state index is 0.279. The SMILES string of the molecule is C/C(=C\C1CCCCC1)C(=O)/C(C)=C/C1CCCCC1. The summed E-state index contributed by atoms with van der Waals surface area (Å²) in [4.78, 5) is 12.5. The molecule has 0 aromatic carbocycles. The Kier molecular flexibility index (Phi) is 6.06. The molecule has 0 saturated heterocycles. The normalized spacial score (nSPS) is 23.9. The Morgan fingerprint density at radius 2 is 1.05 bits per heavy atom. The molecule has 2 aliphatic rings. The van der Waals surface area contributed by atoms with Crippen molar-refractivity contribution in [1.82, 2.24) is 0 Å². The quantitative estimate of drug-likeness (QED) is 0.609. The highest BCUT2D eigenvalue weighted by Gasteiger charge is 2.16. The molecule has 0 aromatic rings. The average molecular weight is 274 g/mol. The maximum absolute atomic E-state index is 12.5. The number of allylic oxidation sites excluding steroid dienone is 4. The molecule has 0 aromatic heterocycles. The summed E-state index contributed by atoms with van der Waals surface area (Å²) in [5.74, 6) is 1.58. The smallest absolute Gasteiger partial charge is 0.183 e. The first-order valence-corrected chi connectivity index (χ1v) is 8.58. The number of rotatable bonds is 4. The molecule has 1 heteroatoms. The van der Waals surface area contributed by atoms with E-state index in [-0.39, 0.29) is 5.78 Å². The molecule has 0 N–H and O–H groups in total. The van der Waals surface area contributed by atoms with Gasteiger partial charge in [0, 0.05) is 0 Å². The van der Waals surface area contributed by atoms with E-state index in [1.165, 1.54) is 64.2 Å². The van der Waals surface area contributed by atoms with Crippen molar-refractivity contribution in [1.29, 1.82) is 0 Å². The lowest BCUT2D eigenvalue weighted by atomic mass is 9.85. The second kappa shape index (κ2) is 7.81. The Morgan fingerprint density at radius 1 is 0.700 bits per heavy atom. The number of hydrogen-bond donors (Lipinski definition) is 0. The van der Waals surface area contributed by atoms with E-state index >= 15 is 0 Å². The highest BCUT2D eigenvalue weighted by atomic mass is 16.1. The highest BCUT2D eigenvalue weighted by molar-refractivity contribution is 6.07. The van der Waals surface area contributed by atoms with E-state index in [1.54, 1.807) is 0 Å². The molecule has 20 heavy (non-hydrogen) atoms. The van der Waals surface area contributed by atoms with Gasteiger partial charge in [-0.05, 0) is 62.5 Å². The van der Waals surface area contributed by atoms with E-state index in [0.717, 1.165) is 11.1 Å². The van der Waals surface area contributed by atoms with Gasteiger partial charge in [0.2, 0.25) is 0 Å². The van der Waals surface area contributed by atoms with E-state index in [0.29, 0.717) is 11.8 Å². The van der Waals surface area contributed by atoms with Crippen molar-refractivity contribution in [3.8, 4) is 0 Å². The van der Waals surface area contributed by atoms with Crippen molar-refractivity contribution < 1.29 is 4.79 Å². The zero-order valence-electron chi connectivity index (χ0n) is 13.3. The molecule has 0 spiro atoms. The summed E-state index contributed by atoms with van der Waals surface area (Å²) in [7, 11) is 0. The number of carbonyl (C=O) groups is 1. The van der Waals surface area contributed by atoms with Gasteiger partial charge in [-0.25, -0.2) is 0 Å². The fourth-order valence-electron chi connectivity index (χ4n) is 3.77. The first-order chi connectivity index (χ1) is 9.66. The van der Waals surface area contributed by atoms with Crippen molar-refractivity contribution >= 4 is 5.78 Å². The van der Waals surface area contributed by atoms with Crippen molar-refractivity contribution in [3.63, 3.8) is 0 Å². The Bertz CT molecular complexity index is 341. The molecule has 0 radical (unpaired) electrons. The van der Waals surface area contributed by atoms with Crippen LogP contribution in [0.2, 0.25) is 0 Å². The number of Topliss-reactive ketones (excluding diaryl/α,β-unsaturated/α-hetero) is 1. The van der Waals surface area contributed by atoms with Gasteiger partial charge < -0.3 is 0 Å². The summed E-state index contributed by atoms with van der Waals surface area (Å²) in [5.41, 5.74) is 1.95. The maximum atomic E-state index is 12.5. The Labute approximate surface area is 124 Å². The van der Waals surface area contributed by atoms with E-state index < -0.39 is 0 Å². The lowest BCUT2D eigenvalue weighted by Gasteiger charge is -2.20. The van der Waals surface area contributed by atoms with Gasteiger partial charge in [0.25, 0.3) is 0 Å². The van der Waals surface area contributed by atoms with Crippen molar-refractivity contribution in [2.24, 2.45) is 11.8 Å². The fraction of sp³-hybridized carbons (Fsp3) is 0.737. The molecule has 2 aliphatic carbocycles. The predicted octanol–water partition coefficient (Wildman–Crippen LogP) is 5.61. The van der Waals surface area contributed by atoms with Crippen LogP contribution < -0.4 is 0 Å². The van der Waals surface area contributed by atoms with Gasteiger partial charge in [-0.1, -0.05) is 50.7 Å². The third-order valence-electron chi connectivity index (χ3n) is 4.99. The van der Waals surface area contributed by atoms with E-state index in [2.05, 4.69) is 12.2 Å². The van der Waals surface area contributed by atoms with E-state index in [4.69, 9.17) is 0 Å². The Hall–Kier alpha value is -0.850. The van der Waals surface area contributed by atoms with Crippen LogP contribution in [-0.4, -0.2) is 5.78 Å². The fourth-order valence-corrected chi connectivity index (χ4v) is 3.77. The van der Waals surface area contributed by atoms with Crippen LogP contribution in [0.1, 0.15) is 78.1 Å². The minimum atomic E-state index is 0.279. The molecule has 0 bridgehead atoms. The van der Waals surface area contributed by atoms with Gasteiger partial charge in [-0.2, -0.15) is 0 Å². The molecular formula is C19H30O. The second-order valence-electron chi connectivity index (χ2n) is 6.82. The third kappa shape index (κ3) is 4.61. The van der Waals surface area contributed by atoms with Gasteiger partial charge in [-0.3, -0.25) is 4.79 Å². The van der Waals surface area contributed by atoms with Gasteiger partial charge in [0.15, 0.2) is 5.78 Å².